The molecule has 0 aliphatic heterocycles. The second-order valence-electron chi connectivity index (χ2n) is 5.03. The molecule has 2 unspecified atom stereocenters. The molecule has 3 N–H and O–H groups in total. The largest absolute Gasteiger partial charge is 0.352 e. The van der Waals surface area contributed by atoms with Gasteiger partial charge in [0.15, 0.2) is 0 Å². The van der Waals surface area contributed by atoms with E-state index < -0.39 is 15.9 Å². The average Bonchev–Trinajstić information content (AvgIpc) is 2.21. The second kappa shape index (κ2) is 7.70. The molecular formula is C11H25N3O3S. The molecule has 0 aromatic heterocycles. The fraction of sp³-hybridized carbons (Fsp3) is 0.909. The van der Waals surface area contributed by atoms with Gasteiger partial charge in [0, 0.05) is 12.3 Å². The van der Waals surface area contributed by atoms with Crippen LogP contribution < -0.4 is 11.1 Å². The lowest BCUT2D eigenvalue weighted by molar-refractivity contribution is -0.123. The van der Waals surface area contributed by atoms with Crippen LogP contribution in [-0.2, 0) is 14.6 Å². The number of nitrogens with one attached hydrogen (secondary N) is 1. The van der Waals surface area contributed by atoms with Crippen LogP contribution in [-0.4, -0.2) is 64.0 Å². The molecule has 2 atom stereocenters. The first kappa shape index (κ1) is 17.3. The zero-order valence-corrected chi connectivity index (χ0v) is 12.5. The molecule has 7 heteroatoms. The molecule has 0 aromatic rings. The lowest BCUT2D eigenvalue weighted by atomic mass is 10.2. The van der Waals surface area contributed by atoms with Crippen LogP contribution >= 0.6 is 0 Å². The van der Waals surface area contributed by atoms with E-state index >= 15 is 0 Å². The van der Waals surface area contributed by atoms with E-state index in [2.05, 4.69) is 5.32 Å². The van der Waals surface area contributed by atoms with Crippen molar-refractivity contribution in [3.63, 3.8) is 0 Å². The Kier molecular flexibility index (Phi) is 7.42. The number of hydrogen-bond donors (Lipinski definition) is 2. The minimum absolute atomic E-state index is 0.0317. The predicted molar refractivity (Wildman–Crippen MR) is 73.1 cm³/mol. The normalized spacial score (nSPS) is 15.4. The highest BCUT2D eigenvalue weighted by Gasteiger charge is 2.17. The molecule has 0 bridgehead atoms. The van der Waals surface area contributed by atoms with Gasteiger partial charge in [-0.2, -0.15) is 0 Å². The summed E-state index contributed by atoms with van der Waals surface area (Å²) in [6.45, 7) is 2.78. The molecule has 18 heavy (non-hydrogen) atoms. The Morgan fingerprint density at radius 2 is 1.89 bits per heavy atom. The van der Waals surface area contributed by atoms with Crippen molar-refractivity contribution >= 4 is 15.7 Å². The van der Waals surface area contributed by atoms with Gasteiger partial charge in [-0.3, -0.25) is 4.79 Å². The summed E-state index contributed by atoms with van der Waals surface area (Å²) in [5.74, 6) is -0.349. The molecule has 0 heterocycles. The molecule has 0 saturated carbocycles. The third-order valence-electron chi connectivity index (χ3n) is 2.53. The Balaban J connectivity index is 4.00. The van der Waals surface area contributed by atoms with Gasteiger partial charge in [-0.1, -0.05) is 0 Å². The van der Waals surface area contributed by atoms with E-state index in [9.17, 15) is 13.2 Å². The van der Waals surface area contributed by atoms with Crippen molar-refractivity contribution in [2.45, 2.75) is 31.8 Å². The number of amides is 1. The molecular weight excluding hydrogens is 254 g/mol. The monoisotopic (exact) mass is 279 g/mol. The quantitative estimate of drug-likeness (QED) is 0.607. The molecule has 0 aliphatic rings. The van der Waals surface area contributed by atoms with Crippen molar-refractivity contribution in [2.24, 2.45) is 5.73 Å². The van der Waals surface area contributed by atoms with Crippen LogP contribution in [0.15, 0.2) is 0 Å². The average molecular weight is 279 g/mol. The molecule has 6 nitrogen and oxygen atoms in total. The van der Waals surface area contributed by atoms with E-state index in [-0.39, 0.29) is 24.1 Å². The zero-order valence-electron chi connectivity index (χ0n) is 11.6. The van der Waals surface area contributed by atoms with E-state index in [0.29, 0.717) is 0 Å². The van der Waals surface area contributed by atoms with Gasteiger partial charge in [0.2, 0.25) is 5.91 Å². The van der Waals surface area contributed by atoms with E-state index in [0.717, 1.165) is 19.2 Å². The number of sulfone groups is 1. The van der Waals surface area contributed by atoms with E-state index in [1.54, 1.807) is 0 Å². The summed E-state index contributed by atoms with van der Waals surface area (Å²) in [4.78, 5) is 13.7. The predicted octanol–water partition coefficient (Wildman–Crippen LogP) is -0.795. The summed E-state index contributed by atoms with van der Waals surface area (Å²) in [5, 5.41) is 2.79. The van der Waals surface area contributed by atoms with Crippen molar-refractivity contribution in [3.05, 3.63) is 0 Å². The molecule has 0 rings (SSSR count). The van der Waals surface area contributed by atoms with Gasteiger partial charge in [-0.25, -0.2) is 8.42 Å². The maximum absolute atomic E-state index is 11.7. The number of carbonyl (C=O) groups is 1. The Labute approximate surface area is 110 Å². The van der Waals surface area contributed by atoms with Crippen molar-refractivity contribution in [2.75, 3.05) is 32.6 Å². The highest BCUT2D eigenvalue weighted by molar-refractivity contribution is 7.90. The number of hydrogen-bond acceptors (Lipinski definition) is 5. The molecule has 0 aliphatic carbocycles. The first-order valence-corrected chi connectivity index (χ1v) is 8.06. The van der Waals surface area contributed by atoms with Gasteiger partial charge >= 0.3 is 0 Å². The van der Waals surface area contributed by atoms with Crippen LogP contribution in [0, 0.1) is 0 Å². The molecule has 0 fully saturated rings. The lowest BCUT2D eigenvalue weighted by Crippen LogP contribution is -2.45. The van der Waals surface area contributed by atoms with Gasteiger partial charge in [0.1, 0.15) is 9.84 Å². The summed E-state index contributed by atoms with van der Waals surface area (Å²) in [5.41, 5.74) is 5.64. The van der Waals surface area contributed by atoms with Crippen molar-refractivity contribution in [1.29, 1.82) is 0 Å². The van der Waals surface area contributed by atoms with Crippen LogP contribution in [0.2, 0.25) is 0 Å². The maximum atomic E-state index is 11.7. The molecule has 0 spiro atoms. The van der Waals surface area contributed by atoms with Crippen molar-refractivity contribution in [3.8, 4) is 0 Å². The number of nitrogens with zero attached hydrogens (tertiary/aromatic N) is 1. The standard InChI is InChI=1S/C11H25N3O3S/c1-9(5-7-14(2)3)13-11(15)10(12)6-8-18(4,16)17/h9-10H,5-8,12H2,1-4H3,(H,13,15). The van der Waals surface area contributed by atoms with Crippen LogP contribution in [0.5, 0.6) is 0 Å². The minimum Gasteiger partial charge on any atom is -0.352 e. The van der Waals surface area contributed by atoms with Crippen LogP contribution in [0.25, 0.3) is 0 Å². The maximum Gasteiger partial charge on any atom is 0.237 e. The molecule has 1 amide bonds. The summed E-state index contributed by atoms with van der Waals surface area (Å²) in [7, 11) is 0.860. The first-order valence-electron chi connectivity index (χ1n) is 6.00. The number of carbonyl (C=O) groups excluding carboxylic acids is 1. The first-order chi connectivity index (χ1) is 8.11. The number of nitrogens with two attached hydrogens (primary N) is 1. The van der Waals surface area contributed by atoms with Gasteiger partial charge in [-0.05, 0) is 40.4 Å². The molecule has 108 valence electrons. The van der Waals surface area contributed by atoms with E-state index in [1.165, 1.54) is 0 Å². The van der Waals surface area contributed by atoms with Crippen LogP contribution in [0.1, 0.15) is 19.8 Å². The highest BCUT2D eigenvalue weighted by atomic mass is 32.2. The Bertz CT molecular complexity index is 355. The van der Waals surface area contributed by atoms with Crippen LogP contribution in [0.3, 0.4) is 0 Å². The Morgan fingerprint density at radius 3 is 2.33 bits per heavy atom. The van der Waals surface area contributed by atoms with Gasteiger partial charge in [0.05, 0.1) is 11.8 Å². The third-order valence-corrected chi connectivity index (χ3v) is 3.51. The van der Waals surface area contributed by atoms with Gasteiger partial charge < -0.3 is 16.0 Å². The third kappa shape index (κ3) is 9.38. The Morgan fingerprint density at radius 1 is 1.33 bits per heavy atom. The summed E-state index contributed by atoms with van der Waals surface area (Å²) in [6, 6.07) is -0.731. The van der Waals surface area contributed by atoms with Crippen molar-refractivity contribution < 1.29 is 13.2 Å². The fourth-order valence-corrected chi connectivity index (χ4v) is 2.03. The lowest BCUT2D eigenvalue weighted by Gasteiger charge is -2.19. The summed E-state index contributed by atoms with van der Waals surface area (Å²) < 4.78 is 21.9. The van der Waals surface area contributed by atoms with Crippen molar-refractivity contribution in [1.82, 2.24) is 10.2 Å². The summed E-state index contributed by atoms with van der Waals surface area (Å²) >= 11 is 0. The zero-order chi connectivity index (χ0) is 14.3. The minimum atomic E-state index is -3.07. The van der Waals surface area contributed by atoms with Gasteiger partial charge in [0.25, 0.3) is 0 Å². The van der Waals surface area contributed by atoms with Crippen LogP contribution in [0.4, 0.5) is 0 Å². The fourth-order valence-electron chi connectivity index (χ4n) is 1.35. The van der Waals surface area contributed by atoms with E-state index in [4.69, 9.17) is 5.73 Å². The topological polar surface area (TPSA) is 92.5 Å². The smallest absolute Gasteiger partial charge is 0.237 e. The van der Waals surface area contributed by atoms with E-state index in [1.807, 2.05) is 25.9 Å². The SMILES string of the molecule is CC(CCN(C)C)NC(=O)C(N)CCS(C)(=O)=O. The number of rotatable bonds is 8. The molecule has 0 aromatic carbocycles. The van der Waals surface area contributed by atoms with Gasteiger partial charge in [-0.15, -0.1) is 0 Å². The summed E-state index contributed by atoms with van der Waals surface area (Å²) in [6.07, 6.45) is 2.12. The highest BCUT2D eigenvalue weighted by Crippen LogP contribution is 1.97. The second-order valence-corrected chi connectivity index (χ2v) is 7.29. The Hall–Kier alpha value is -0.660. The molecule has 0 saturated heterocycles. The molecule has 0 radical (unpaired) electrons.